The summed E-state index contributed by atoms with van der Waals surface area (Å²) in [5.74, 6) is -0.536. The van der Waals surface area contributed by atoms with Gasteiger partial charge >= 0.3 is 12.1 Å². The van der Waals surface area contributed by atoms with E-state index < -0.39 is 12.1 Å². The molecule has 0 atom stereocenters. The molecule has 0 radical (unpaired) electrons. The van der Waals surface area contributed by atoms with Crippen LogP contribution in [-0.4, -0.2) is 34.1 Å². The Morgan fingerprint density at radius 1 is 1.25 bits per heavy atom. The SMILES string of the molecule is CCOC(=O)c1ccccc1O.O=C(O)O. The lowest BCUT2D eigenvalue weighted by molar-refractivity contribution is 0.0523. The predicted molar refractivity (Wildman–Crippen MR) is 54.7 cm³/mol. The molecule has 1 rings (SSSR count). The lowest BCUT2D eigenvalue weighted by Crippen LogP contribution is -2.04. The Morgan fingerprint density at radius 2 is 1.75 bits per heavy atom. The molecule has 1 aromatic rings. The lowest BCUT2D eigenvalue weighted by atomic mass is 10.2. The molecule has 0 bridgehead atoms. The standard InChI is InChI=1S/C9H10O3.CH2O3/c1-2-12-9(11)7-5-3-4-6-8(7)10;2-1(3)4/h3-6,10H,2H2,1H3;(H2,2,3,4). The molecule has 0 amide bonds. The van der Waals surface area contributed by atoms with E-state index in [1.54, 1.807) is 19.1 Å². The van der Waals surface area contributed by atoms with E-state index in [1.807, 2.05) is 0 Å². The average molecular weight is 228 g/mol. The van der Waals surface area contributed by atoms with Crippen LogP contribution < -0.4 is 0 Å². The van der Waals surface area contributed by atoms with Crippen molar-refractivity contribution < 1.29 is 29.6 Å². The molecule has 0 saturated carbocycles. The van der Waals surface area contributed by atoms with Gasteiger partial charge in [-0.1, -0.05) is 12.1 Å². The van der Waals surface area contributed by atoms with E-state index >= 15 is 0 Å². The minimum absolute atomic E-state index is 0.0454. The fourth-order valence-corrected chi connectivity index (χ4v) is 0.855. The molecular weight excluding hydrogens is 216 g/mol. The third-order valence-electron chi connectivity index (χ3n) is 1.40. The average Bonchev–Trinajstić information content (AvgIpc) is 2.17. The molecule has 0 saturated heterocycles. The second-order valence-corrected chi connectivity index (χ2v) is 2.52. The molecule has 6 nitrogen and oxygen atoms in total. The molecule has 0 spiro atoms. The lowest BCUT2D eigenvalue weighted by Gasteiger charge is -2.02. The van der Waals surface area contributed by atoms with Crippen LogP contribution in [-0.2, 0) is 4.74 Å². The van der Waals surface area contributed by atoms with Crippen molar-refractivity contribution >= 4 is 12.1 Å². The fraction of sp³-hybridized carbons (Fsp3) is 0.200. The van der Waals surface area contributed by atoms with Crippen molar-refractivity contribution in [2.24, 2.45) is 0 Å². The van der Waals surface area contributed by atoms with Gasteiger partial charge < -0.3 is 20.1 Å². The number of hydrogen-bond donors (Lipinski definition) is 3. The number of carboxylic acid groups (broad SMARTS) is 2. The largest absolute Gasteiger partial charge is 0.507 e. The first kappa shape index (κ1) is 13.8. The Morgan fingerprint density at radius 3 is 2.19 bits per heavy atom. The molecule has 3 N–H and O–H groups in total. The van der Waals surface area contributed by atoms with Crippen molar-refractivity contribution in [3.63, 3.8) is 0 Å². The first-order valence-electron chi connectivity index (χ1n) is 4.36. The number of esters is 1. The molecule has 0 aliphatic rings. The Labute approximate surface area is 91.7 Å². The van der Waals surface area contributed by atoms with Crippen molar-refractivity contribution in [3.05, 3.63) is 29.8 Å². The number of para-hydroxylation sites is 1. The summed E-state index contributed by atoms with van der Waals surface area (Å²) in [6.45, 7) is 2.03. The maximum atomic E-state index is 11.1. The van der Waals surface area contributed by atoms with Gasteiger partial charge in [0, 0.05) is 0 Å². The Balaban J connectivity index is 0.000000487. The molecule has 88 valence electrons. The van der Waals surface area contributed by atoms with Gasteiger partial charge in [0.2, 0.25) is 0 Å². The number of phenols is 1. The monoisotopic (exact) mass is 228 g/mol. The third-order valence-corrected chi connectivity index (χ3v) is 1.40. The number of carbonyl (C=O) groups is 2. The molecule has 1 aromatic carbocycles. The summed E-state index contributed by atoms with van der Waals surface area (Å²) < 4.78 is 4.71. The molecule has 0 aliphatic heterocycles. The summed E-state index contributed by atoms with van der Waals surface area (Å²) in [7, 11) is 0. The highest BCUT2D eigenvalue weighted by Crippen LogP contribution is 2.16. The topological polar surface area (TPSA) is 104 Å². The zero-order chi connectivity index (χ0) is 12.6. The van der Waals surface area contributed by atoms with Crippen LogP contribution >= 0.6 is 0 Å². The van der Waals surface area contributed by atoms with Crippen LogP contribution in [0.25, 0.3) is 0 Å². The van der Waals surface area contributed by atoms with Gasteiger partial charge in [0.25, 0.3) is 0 Å². The van der Waals surface area contributed by atoms with Crippen molar-refractivity contribution in [1.29, 1.82) is 0 Å². The molecular formula is C10H12O6. The van der Waals surface area contributed by atoms with Crippen molar-refractivity contribution in [2.75, 3.05) is 6.61 Å². The number of aromatic hydroxyl groups is 1. The normalized spacial score (nSPS) is 8.56. The Bertz CT molecular complexity index is 356. The number of hydrogen-bond acceptors (Lipinski definition) is 4. The zero-order valence-electron chi connectivity index (χ0n) is 8.58. The van der Waals surface area contributed by atoms with E-state index in [2.05, 4.69) is 0 Å². The maximum Gasteiger partial charge on any atom is 0.503 e. The van der Waals surface area contributed by atoms with Crippen LogP contribution in [0.3, 0.4) is 0 Å². The van der Waals surface area contributed by atoms with E-state index in [0.717, 1.165) is 0 Å². The summed E-state index contributed by atoms with van der Waals surface area (Å²) in [6.07, 6.45) is -1.83. The summed E-state index contributed by atoms with van der Waals surface area (Å²) in [6, 6.07) is 6.30. The van der Waals surface area contributed by atoms with Gasteiger partial charge in [-0.3, -0.25) is 0 Å². The van der Waals surface area contributed by atoms with Crippen LogP contribution in [0.4, 0.5) is 4.79 Å². The molecule has 0 heterocycles. The highest BCUT2D eigenvalue weighted by atomic mass is 16.6. The van der Waals surface area contributed by atoms with Gasteiger partial charge in [0.1, 0.15) is 11.3 Å². The summed E-state index contributed by atoms with van der Waals surface area (Å²) in [5, 5.41) is 23.2. The number of phenolic OH excluding ortho intramolecular Hbond substituents is 1. The highest BCUT2D eigenvalue weighted by molar-refractivity contribution is 5.92. The number of carbonyl (C=O) groups excluding carboxylic acids is 1. The van der Waals surface area contributed by atoms with Crippen LogP contribution in [0.5, 0.6) is 5.75 Å². The summed E-state index contributed by atoms with van der Waals surface area (Å²) in [5.41, 5.74) is 0.208. The van der Waals surface area contributed by atoms with E-state index in [1.165, 1.54) is 12.1 Å². The first-order chi connectivity index (χ1) is 7.49. The Kier molecular flexibility index (Phi) is 6.11. The molecule has 0 fully saturated rings. The molecule has 0 aromatic heterocycles. The van der Waals surface area contributed by atoms with Gasteiger partial charge in [-0.05, 0) is 19.1 Å². The van der Waals surface area contributed by atoms with E-state index in [9.17, 15) is 9.90 Å². The predicted octanol–water partition coefficient (Wildman–Crippen LogP) is 1.79. The van der Waals surface area contributed by atoms with Crippen molar-refractivity contribution in [2.45, 2.75) is 6.92 Å². The number of ether oxygens (including phenoxy) is 1. The van der Waals surface area contributed by atoms with E-state index in [4.69, 9.17) is 19.7 Å². The van der Waals surface area contributed by atoms with Crippen LogP contribution in [0.2, 0.25) is 0 Å². The maximum absolute atomic E-state index is 11.1. The summed E-state index contributed by atoms with van der Waals surface area (Å²) >= 11 is 0. The fourth-order valence-electron chi connectivity index (χ4n) is 0.855. The second kappa shape index (κ2) is 7.10. The molecule has 0 aliphatic carbocycles. The first-order valence-corrected chi connectivity index (χ1v) is 4.36. The van der Waals surface area contributed by atoms with Crippen molar-refractivity contribution in [3.8, 4) is 5.75 Å². The van der Waals surface area contributed by atoms with E-state index in [-0.39, 0.29) is 11.3 Å². The Hall–Kier alpha value is -2.24. The van der Waals surface area contributed by atoms with Gasteiger partial charge in [0.15, 0.2) is 0 Å². The van der Waals surface area contributed by atoms with Crippen molar-refractivity contribution in [1.82, 2.24) is 0 Å². The van der Waals surface area contributed by atoms with E-state index in [0.29, 0.717) is 6.61 Å². The van der Waals surface area contributed by atoms with Crippen LogP contribution in [0, 0.1) is 0 Å². The quantitative estimate of drug-likeness (QED) is 0.666. The highest BCUT2D eigenvalue weighted by Gasteiger charge is 2.09. The minimum Gasteiger partial charge on any atom is -0.507 e. The van der Waals surface area contributed by atoms with Gasteiger partial charge in [0.05, 0.1) is 6.61 Å². The number of rotatable bonds is 2. The van der Waals surface area contributed by atoms with Gasteiger partial charge in [-0.25, -0.2) is 9.59 Å². The zero-order valence-corrected chi connectivity index (χ0v) is 8.58. The molecule has 6 heteroatoms. The third kappa shape index (κ3) is 5.48. The smallest absolute Gasteiger partial charge is 0.503 e. The minimum atomic E-state index is -1.83. The molecule has 16 heavy (non-hydrogen) atoms. The van der Waals surface area contributed by atoms with Crippen LogP contribution in [0.15, 0.2) is 24.3 Å². The second-order valence-electron chi connectivity index (χ2n) is 2.52. The molecule has 0 unspecified atom stereocenters. The number of benzene rings is 1. The van der Waals surface area contributed by atoms with Gasteiger partial charge in [-0.2, -0.15) is 0 Å². The van der Waals surface area contributed by atoms with Crippen LogP contribution in [0.1, 0.15) is 17.3 Å². The van der Waals surface area contributed by atoms with Gasteiger partial charge in [-0.15, -0.1) is 0 Å². The summed E-state index contributed by atoms with van der Waals surface area (Å²) in [4.78, 5) is 19.6.